The van der Waals surface area contributed by atoms with Crippen molar-refractivity contribution in [3.63, 3.8) is 0 Å². The molecule has 3 nitrogen and oxygen atoms in total. The van der Waals surface area contributed by atoms with Gasteiger partial charge in [-0.25, -0.2) is 9.18 Å². The van der Waals surface area contributed by atoms with Gasteiger partial charge in [-0.2, -0.15) is 0 Å². The molecule has 1 aromatic carbocycles. The van der Waals surface area contributed by atoms with E-state index in [2.05, 4.69) is 21.9 Å². The quantitative estimate of drug-likeness (QED) is 0.491. The molecule has 4 heteroatoms. The maximum atomic E-state index is 13.8. The molecule has 0 fully saturated rings. The SMILES string of the molecule is CNCCC#Cc1cccc(C(=O)OC)c1F. The molecule has 0 aliphatic carbocycles. The first kappa shape index (κ1) is 13.2. The van der Waals surface area contributed by atoms with E-state index in [1.165, 1.54) is 19.2 Å². The van der Waals surface area contributed by atoms with Crippen LogP contribution in [0.15, 0.2) is 18.2 Å². The van der Waals surface area contributed by atoms with Gasteiger partial charge in [-0.05, 0) is 19.2 Å². The number of hydrogen-bond donors (Lipinski definition) is 1. The molecule has 0 aromatic heterocycles. The summed E-state index contributed by atoms with van der Waals surface area (Å²) in [5, 5.41) is 2.94. The molecule has 0 atom stereocenters. The van der Waals surface area contributed by atoms with Crippen LogP contribution in [0.4, 0.5) is 4.39 Å². The van der Waals surface area contributed by atoms with Crippen molar-refractivity contribution in [3.8, 4) is 11.8 Å². The van der Waals surface area contributed by atoms with Crippen LogP contribution in [0.25, 0.3) is 0 Å². The van der Waals surface area contributed by atoms with Crippen LogP contribution in [0.3, 0.4) is 0 Å². The second-order valence-corrected chi connectivity index (χ2v) is 3.31. The van der Waals surface area contributed by atoms with Crippen molar-refractivity contribution in [3.05, 3.63) is 35.1 Å². The summed E-state index contributed by atoms with van der Waals surface area (Å²) in [6, 6.07) is 4.49. The predicted molar refractivity (Wildman–Crippen MR) is 63.2 cm³/mol. The minimum absolute atomic E-state index is 0.0899. The van der Waals surface area contributed by atoms with Crippen LogP contribution in [-0.4, -0.2) is 26.7 Å². The van der Waals surface area contributed by atoms with E-state index in [0.717, 1.165) is 6.54 Å². The third-order valence-corrected chi connectivity index (χ3v) is 2.13. The summed E-state index contributed by atoms with van der Waals surface area (Å²) in [5.41, 5.74) is 0.122. The molecule has 1 N–H and O–H groups in total. The molecule has 0 aliphatic heterocycles. The van der Waals surface area contributed by atoms with Crippen LogP contribution < -0.4 is 5.32 Å². The highest BCUT2D eigenvalue weighted by Crippen LogP contribution is 2.12. The Morgan fingerprint density at radius 1 is 1.53 bits per heavy atom. The Labute approximate surface area is 100.0 Å². The van der Waals surface area contributed by atoms with Gasteiger partial charge < -0.3 is 10.1 Å². The van der Waals surface area contributed by atoms with Gasteiger partial charge in [0, 0.05) is 13.0 Å². The molecule has 90 valence electrons. The first-order valence-electron chi connectivity index (χ1n) is 5.21. The first-order chi connectivity index (χ1) is 8.20. The Bertz CT molecular complexity index is 460. The highest BCUT2D eigenvalue weighted by atomic mass is 19.1. The number of carbonyl (C=O) groups is 1. The number of rotatable bonds is 3. The maximum absolute atomic E-state index is 13.8. The van der Waals surface area contributed by atoms with Crippen molar-refractivity contribution < 1.29 is 13.9 Å². The lowest BCUT2D eigenvalue weighted by Gasteiger charge is -2.02. The van der Waals surface area contributed by atoms with Gasteiger partial charge in [-0.3, -0.25) is 0 Å². The number of nitrogens with one attached hydrogen (secondary N) is 1. The topological polar surface area (TPSA) is 38.3 Å². The molecule has 1 rings (SSSR count). The smallest absolute Gasteiger partial charge is 0.340 e. The van der Waals surface area contributed by atoms with Crippen molar-refractivity contribution in [2.24, 2.45) is 0 Å². The molecule has 17 heavy (non-hydrogen) atoms. The summed E-state index contributed by atoms with van der Waals surface area (Å²) in [5.74, 6) is 4.20. The molecule has 0 saturated heterocycles. The van der Waals surface area contributed by atoms with E-state index in [4.69, 9.17) is 0 Å². The van der Waals surface area contributed by atoms with Crippen molar-refractivity contribution in [1.29, 1.82) is 0 Å². The fourth-order valence-electron chi connectivity index (χ4n) is 1.24. The fourth-order valence-corrected chi connectivity index (χ4v) is 1.24. The molecule has 0 radical (unpaired) electrons. The zero-order chi connectivity index (χ0) is 12.7. The van der Waals surface area contributed by atoms with E-state index >= 15 is 0 Å². The summed E-state index contributed by atoms with van der Waals surface area (Å²) in [6.45, 7) is 0.741. The van der Waals surface area contributed by atoms with Crippen LogP contribution in [0.5, 0.6) is 0 Å². The van der Waals surface area contributed by atoms with E-state index in [-0.39, 0.29) is 11.1 Å². The van der Waals surface area contributed by atoms with Crippen LogP contribution >= 0.6 is 0 Å². The minimum Gasteiger partial charge on any atom is -0.465 e. The third-order valence-electron chi connectivity index (χ3n) is 2.13. The van der Waals surface area contributed by atoms with Gasteiger partial charge in [-0.1, -0.05) is 17.9 Å². The lowest BCUT2D eigenvalue weighted by atomic mass is 10.1. The average Bonchev–Trinajstić information content (AvgIpc) is 2.35. The largest absolute Gasteiger partial charge is 0.465 e. The molecular weight excluding hydrogens is 221 g/mol. The number of benzene rings is 1. The monoisotopic (exact) mass is 235 g/mol. The van der Waals surface area contributed by atoms with Crippen molar-refractivity contribution in [2.45, 2.75) is 6.42 Å². The van der Waals surface area contributed by atoms with Gasteiger partial charge in [0.2, 0.25) is 0 Å². The van der Waals surface area contributed by atoms with Gasteiger partial charge >= 0.3 is 5.97 Å². The number of esters is 1. The summed E-state index contributed by atoms with van der Waals surface area (Å²) < 4.78 is 18.3. The Hall–Kier alpha value is -1.86. The van der Waals surface area contributed by atoms with Crippen LogP contribution in [0.2, 0.25) is 0 Å². The number of hydrogen-bond acceptors (Lipinski definition) is 3. The first-order valence-corrected chi connectivity index (χ1v) is 5.21. The van der Waals surface area contributed by atoms with Gasteiger partial charge in [-0.15, -0.1) is 0 Å². The lowest BCUT2D eigenvalue weighted by molar-refractivity contribution is 0.0595. The fraction of sp³-hybridized carbons (Fsp3) is 0.308. The van der Waals surface area contributed by atoms with E-state index in [9.17, 15) is 9.18 Å². The lowest BCUT2D eigenvalue weighted by Crippen LogP contribution is -2.06. The molecule has 0 amide bonds. The van der Waals surface area contributed by atoms with E-state index < -0.39 is 11.8 Å². The highest BCUT2D eigenvalue weighted by molar-refractivity contribution is 5.90. The Morgan fingerprint density at radius 3 is 2.94 bits per heavy atom. The van der Waals surface area contributed by atoms with Gasteiger partial charge in [0.1, 0.15) is 0 Å². The van der Waals surface area contributed by atoms with Crippen LogP contribution in [-0.2, 0) is 4.74 Å². The average molecular weight is 235 g/mol. The Balaban J connectivity index is 2.93. The number of carbonyl (C=O) groups excluding carboxylic acids is 1. The van der Waals surface area contributed by atoms with Crippen molar-refractivity contribution in [1.82, 2.24) is 5.32 Å². The normalized spacial score (nSPS) is 9.35. The second kappa shape index (κ2) is 6.66. The molecule has 0 bridgehead atoms. The number of ether oxygens (including phenoxy) is 1. The standard InChI is InChI=1S/C13H14FNO2/c1-15-9-4-3-6-10-7-5-8-11(12(10)14)13(16)17-2/h5,7-8,15H,4,9H2,1-2H3. The maximum Gasteiger partial charge on any atom is 0.340 e. The zero-order valence-electron chi connectivity index (χ0n) is 9.84. The van der Waals surface area contributed by atoms with Crippen molar-refractivity contribution in [2.75, 3.05) is 20.7 Å². The van der Waals surface area contributed by atoms with E-state index in [0.29, 0.717) is 6.42 Å². The van der Waals surface area contributed by atoms with E-state index in [1.807, 2.05) is 7.05 Å². The zero-order valence-corrected chi connectivity index (χ0v) is 9.84. The van der Waals surface area contributed by atoms with Gasteiger partial charge in [0.25, 0.3) is 0 Å². The van der Waals surface area contributed by atoms with Crippen LogP contribution in [0.1, 0.15) is 22.3 Å². The Kier molecular flexibility index (Phi) is 5.18. The van der Waals surface area contributed by atoms with Crippen molar-refractivity contribution >= 4 is 5.97 Å². The molecular formula is C13H14FNO2. The third kappa shape index (κ3) is 3.58. The Morgan fingerprint density at radius 2 is 2.29 bits per heavy atom. The number of methoxy groups -OCH3 is 1. The molecule has 0 unspecified atom stereocenters. The van der Waals surface area contributed by atoms with E-state index in [1.54, 1.807) is 6.07 Å². The summed E-state index contributed by atoms with van der Waals surface area (Å²) in [4.78, 5) is 11.2. The van der Waals surface area contributed by atoms with Gasteiger partial charge in [0.15, 0.2) is 5.82 Å². The highest BCUT2D eigenvalue weighted by Gasteiger charge is 2.13. The second-order valence-electron chi connectivity index (χ2n) is 3.31. The summed E-state index contributed by atoms with van der Waals surface area (Å²) in [6.07, 6.45) is 0.623. The molecule has 0 aliphatic rings. The molecule has 0 spiro atoms. The minimum atomic E-state index is -0.693. The number of halogens is 1. The summed E-state index contributed by atoms with van der Waals surface area (Å²) >= 11 is 0. The molecule has 0 saturated carbocycles. The van der Waals surface area contributed by atoms with Crippen LogP contribution in [0, 0.1) is 17.7 Å². The summed E-state index contributed by atoms with van der Waals surface area (Å²) in [7, 11) is 3.03. The van der Waals surface area contributed by atoms with Gasteiger partial charge in [0.05, 0.1) is 18.2 Å². The molecule has 0 heterocycles. The predicted octanol–water partition coefficient (Wildman–Crippen LogP) is 1.57. The molecule has 1 aromatic rings.